The minimum absolute atomic E-state index is 0.0375. The third kappa shape index (κ3) is 3.45. The quantitative estimate of drug-likeness (QED) is 0.476. The van der Waals surface area contributed by atoms with Crippen molar-refractivity contribution in [3.63, 3.8) is 0 Å². The van der Waals surface area contributed by atoms with Gasteiger partial charge in [0.05, 0.1) is 11.6 Å². The third-order valence-electron chi connectivity index (χ3n) is 6.01. The second kappa shape index (κ2) is 7.12. The van der Waals surface area contributed by atoms with E-state index >= 15 is 0 Å². The van der Waals surface area contributed by atoms with E-state index in [4.69, 9.17) is 0 Å². The fraction of sp³-hybridized carbons (Fsp3) is 0.321. The number of anilines is 2. The van der Waals surface area contributed by atoms with Crippen LogP contribution in [-0.2, 0) is 10.8 Å². The van der Waals surface area contributed by atoms with Gasteiger partial charge in [-0.3, -0.25) is 10.3 Å². The SMILES string of the molecule is CC(C)(C)c1cc2c(c(C(C)(C)C)c1)N(c1ccccc1)C(=N)C2c1ccccc1. The summed E-state index contributed by atoms with van der Waals surface area (Å²) in [7, 11) is 0. The zero-order valence-electron chi connectivity index (χ0n) is 19.0. The molecule has 0 spiro atoms. The number of amidine groups is 1. The monoisotopic (exact) mass is 396 g/mol. The van der Waals surface area contributed by atoms with Crippen LogP contribution >= 0.6 is 0 Å². The van der Waals surface area contributed by atoms with Crippen molar-refractivity contribution >= 4 is 17.2 Å². The van der Waals surface area contributed by atoms with Gasteiger partial charge < -0.3 is 0 Å². The molecule has 0 radical (unpaired) electrons. The van der Waals surface area contributed by atoms with Crippen molar-refractivity contribution in [3.05, 3.63) is 95.1 Å². The van der Waals surface area contributed by atoms with E-state index in [1.165, 1.54) is 27.9 Å². The lowest BCUT2D eigenvalue weighted by atomic mass is 9.77. The number of hydrogen-bond donors (Lipinski definition) is 1. The van der Waals surface area contributed by atoms with Crippen molar-refractivity contribution in [1.29, 1.82) is 5.41 Å². The second-order valence-electron chi connectivity index (χ2n) is 10.4. The van der Waals surface area contributed by atoms with Gasteiger partial charge in [0.25, 0.3) is 0 Å². The second-order valence-corrected chi connectivity index (χ2v) is 10.4. The van der Waals surface area contributed by atoms with Crippen molar-refractivity contribution in [2.24, 2.45) is 0 Å². The van der Waals surface area contributed by atoms with Crippen molar-refractivity contribution in [3.8, 4) is 0 Å². The van der Waals surface area contributed by atoms with Crippen LogP contribution in [0.25, 0.3) is 0 Å². The van der Waals surface area contributed by atoms with Crippen LogP contribution in [0, 0.1) is 5.41 Å². The molecule has 3 aromatic rings. The first kappa shape index (κ1) is 20.4. The lowest BCUT2D eigenvalue weighted by Gasteiger charge is -2.31. The summed E-state index contributed by atoms with van der Waals surface area (Å²) in [6.07, 6.45) is 0. The molecule has 1 N–H and O–H groups in total. The number of hydrogen-bond acceptors (Lipinski definition) is 1. The summed E-state index contributed by atoms with van der Waals surface area (Å²) in [6, 6.07) is 25.6. The highest BCUT2D eigenvalue weighted by Gasteiger charge is 2.40. The van der Waals surface area contributed by atoms with E-state index in [1.54, 1.807) is 0 Å². The molecule has 0 saturated heterocycles. The molecule has 1 heterocycles. The summed E-state index contributed by atoms with van der Waals surface area (Å²) in [6.45, 7) is 13.6. The van der Waals surface area contributed by atoms with E-state index in [0.717, 1.165) is 5.69 Å². The van der Waals surface area contributed by atoms with E-state index in [9.17, 15) is 5.41 Å². The van der Waals surface area contributed by atoms with E-state index in [0.29, 0.717) is 5.84 Å². The Labute approximate surface area is 181 Å². The van der Waals surface area contributed by atoms with Crippen molar-refractivity contribution in [2.45, 2.75) is 58.3 Å². The molecule has 0 bridgehead atoms. The highest BCUT2D eigenvalue weighted by molar-refractivity contribution is 6.14. The van der Waals surface area contributed by atoms with Crippen molar-refractivity contribution < 1.29 is 0 Å². The Morgan fingerprint density at radius 3 is 1.83 bits per heavy atom. The average Bonchev–Trinajstić information content (AvgIpc) is 2.98. The molecule has 0 amide bonds. The Kier molecular flexibility index (Phi) is 4.85. The topological polar surface area (TPSA) is 27.1 Å². The first-order valence-corrected chi connectivity index (χ1v) is 10.8. The first-order valence-electron chi connectivity index (χ1n) is 10.8. The van der Waals surface area contributed by atoms with Crippen LogP contribution in [0.4, 0.5) is 11.4 Å². The van der Waals surface area contributed by atoms with Crippen molar-refractivity contribution in [2.75, 3.05) is 4.90 Å². The molecule has 4 rings (SSSR count). The standard InChI is InChI=1S/C28H32N2/c1-27(2,3)20-17-22-24(19-13-9-7-10-14-19)26(29)30(21-15-11-8-12-16-21)25(22)23(18-20)28(4,5)6/h7-18,24,29H,1-6H3. The lowest BCUT2D eigenvalue weighted by Crippen LogP contribution is -2.26. The molecule has 2 nitrogen and oxygen atoms in total. The maximum Gasteiger partial charge on any atom is 0.117 e. The Hall–Kier alpha value is -2.87. The molecular formula is C28H32N2. The van der Waals surface area contributed by atoms with Crippen LogP contribution in [0.5, 0.6) is 0 Å². The van der Waals surface area contributed by atoms with Crippen LogP contribution in [-0.4, -0.2) is 5.84 Å². The van der Waals surface area contributed by atoms with Gasteiger partial charge in [-0.05, 0) is 45.2 Å². The zero-order valence-corrected chi connectivity index (χ0v) is 19.0. The summed E-state index contributed by atoms with van der Waals surface area (Å²) in [5, 5.41) is 9.28. The van der Waals surface area contributed by atoms with Gasteiger partial charge in [-0.15, -0.1) is 0 Å². The lowest BCUT2D eigenvalue weighted by molar-refractivity contribution is 0.568. The van der Waals surface area contributed by atoms with E-state index in [-0.39, 0.29) is 16.7 Å². The summed E-state index contributed by atoms with van der Waals surface area (Å²) in [5.74, 6) is 0.559. The maximum absolute atomic E-state index is 9.28. The molecule has 1 aliphatic heterocycles. The zero-order chi connectivity index (χ0) is 21.7. The molecule has 0 aromatic heterocycles. The summed E-state index contributed by atoms with van der Waals surface area (Å²) < 4.78 is 0. The molecule has 1 unspecified atom stereocenters. The van der Waals surface area contributed by atoms with Crippen LogP contribution in [0.1, 0.15) is 69.7 Å². The normalized spacial score (nSPS) is 16.7. The van der Waals surface area contributed by atoms with Gasteiger partial charge in [-0.25, -0.2) is 0 Å². The minimum Gasteiger partial charge on any atom is -0.298 e. The Morgan fingerprint density at radius 2 is 1.30 bits per heavy atom. The van der Waals surface area contributed by atoms with Crippen molar-refractivity contribution in [1.82, 2.24) is 0 Å². The Bertz CT molecular complexity index is 1070. The molecule has 1 atom stereocenters. The molecular weight excluding hydrogens is 364 g/mol. The van der Waals surface area contributed by atoms with Gasteiger partial charge in [0.1, 0.15) is 5.84 Å². The van der Waals surface area contributed by atoms with E-state index in [2.05, 4.69) is 107 Å². The molecule has 30 heavy (non-hydrogen) atoms. The Balaban J connectivity index is 2.07. The van der Waals surface area contributed by atoms with E-state index in [1.807, 2.05) is 12.1 Å². The predicted molar refractivity (Wildman–Crippen MR) is 128 cm³/mol. The molecule has 2 heteroatoms. The molecule has 0 fully saturated rings. The van der Waals surface area contributed by atoms with E-state index < -0.39 is 0 Å². The Morgan fingerprint density at radius 1 is 0.733 bits per heavy atom. The molecule has 0 aliphatic carbocycles. The first-order chi connectivity index (χ1) is 14.1. The van der Waals surface area contributed by atoms with Gasteiger partial charge in [-0.2, -0.15) is 0 Å². The van der Waals surface area contributed by atoms with Crippen LogP contribution in [0.15, 0.2) is 72.8 Å². The van der Waals surface area contributed by atoms with Crippen LogP contribution < -0.4 is 4.90 Å². The highest BCUT2D eigenvalue weighted by atomic mass is 15.2. The van der Waals surface area contributed by atoms with Gasteiger partial charge in [0.2, 0.25) is 0 Å². The third-order valence-corrected chi connectivity index (χ3v) is 6.01. The largest absolute Gasteiger partial charge is 0.298 e. The number of nitrogens with one attached hydrogen (secondary N) is 1. The number of para-hydroxylation sites is 1. The number of nitrogens with zero attached hydrogens (tertiary/aromatic N) is 1. The minimum atomic E-state index is -0.0650. The molecule has 0 saturated carbocycles. The van der Waals surface area contributed by atoms with Gasteiger partial charge >= 0.3 is 0 Å². The van der Waals surface area contributed by atoms with Crippen LogP contribution in [0.3, 0.4) is 0 Å². The molecule has 154 valence electrons. The highest BCUT2D eigenvalue weighted by Crippen LogP contribution is 2.51. The smallest absolute Gasteiger partial charge is 0.117 e. The fourth-order valence-electron chi connectivity index (χ4n) is 4.36. The number of rotatable bonds is 2. The number of benzene rings is 3. The predicted octanol–water partition coefficient (Wildman–Crippen LogP) is 7.54. The summed E-state index contributed by atoms with van der Waals surface area (Å²) >= 11 is 0. The van der Waals surface area contributed by atoms with Gasteiger partial charge in [-0.1, -0.05) is 102 Å². The average molecular weight is 397 g/mol. The van der Waals surface area contributed by atoms with Crippen LogP contribution in [0.2, 0.25) is 0 Å². The van der Waals surface area contributed by atoms with Gasteiger partial charge in [0.15, 0.2) is 0 Å². The molecule has 3 aromatic carbocycles. The molecule has 1 aliphatic rings. The van der Waals surface area contributed by atoms with Gasteiger partial charge in [0, 0.05) is 5.69 Å². The summed E-state index contributed by atoms with van der Waals surface area (Å²) in [5.41, 5.74) is 7.28. The maximum atomic E-state index is 9.28. The fourth-order valence-corrected chi connectivity index (χ4v) is 4.36. The number of fused-ring (bicyclic) bond motifs is 1. The summed E-state index contributed by atoms with van der Waals surface area (Å²) in [4.78, 5) is 2.17.